The molecule has 5 nitrogen and oxygen atoms in total. The maximum Gasteiger partial charge on any atom is 0.243 e. The summed E-state index contributed by atoms with van der Waals surface area (Å²) in [4.78, 5) is 0.287. The Morgan fingerprint density at radius 1 is 1.30 bits per heavy atom. The Labute approximate surface area is 119 Å². The minimum absolute atomic E-state index is 0.196. The highest BCUT2D eigenvalue weighted by atomic mass is 32.2. The zero-order valence-electron chi connectivity index (χ0n) is 11.5. The first-order valence-electron chi connectivity index (χ1n) is 6.23. The lowest BCUT2D eigenvalue weighted by Crippen LogP contribution is -2.27. The number of rotatable bonds is 5. The molecule has 0 aliphatic rings. The zero-order chi connectivity index (χ0) is 14.8. The Morgan fingerprint density at radius 3 is 2.65 bits per heavy atom. The molecule has 20 heavy (non-hydrogen) atoms. The molecular weight excluding hydrogens is 276 g/mol. The van der Waals surface area contributed by atoms with Crippen LogP contribution >= 0.6 is 0 Å². The molecule has 2 aromatic rings. The highest BCUT2D eigenvalue weighted by Gasteiger charge is 2.23. The lowest BCUT2D eigenvalue weighted by atomic mass is 10.1. The lowest BCUT2D eigenvalue weighted by Gasteiger charge is -2.18. The summed E-state index contributed by atoms with van der Waals surface area (Å²) < 4.78 is 31.6. The molecule has 0 radical (unpaired) electrons. The smallest absolute Gasteiger partial charge is 0.243 e. The Bertz CT molecular complexity index is 678. The maximum atomic E-state index is 12.6. The van der Waals surface area contributed by atoms with E-state index >= 15 is 0 Å². The van der Waals surface area contributed by atoms with E-state index in [1.165, 1.54) is 17.6 Å². The molecule has 0 spiro atoms. The van der Waals surface area contributed by atoms with E-state index in [1.807, 2.05) is 6.07 Å². The van der Waals surface area contributed by atoms with Crippen LogP contribution in [0.3, 0.4) is 0 Å². The predicted molar refractivity (Wildman–Crippen MR) is 76.4 cm³/mol. The maximum absolute atomic E-state index is 12.6. The Kier molecular flexibility index (Phi) is 4.27. The normalized spacial score (nSPS) is 12.0. The molecule has 0 saturated heterocycles. The minimum atomic E-state index is -3.56. The van der Waals surface area contributed by atoms with Gasteiger partial charge in [-0.05, 0) is 36.2 Å². The van der Waals surface area contributed by atoms with E-state index in [0.717, 1.165) is 5.56 Å². The summed E-state index contributed by atoms with van der Waals surface area (Å²) in [6.45, 7) is 2.28. The summed E-state index contributed by atoms with van der Waals surface area (Å²) in [5.74, 6) is 0.601. The van der Waals surface area contributed by atoms with Gasteiger partial charge in [0.25, 0.3) is 0 Å². The average Bonchev–Trinajstić information content (AvgIpc) is 2.92. The molecule has 2 rings (SSSR count). The first-order valence-corrected chi connectivity index (χ1v) is 7.67. The van der Waals surface area contributed by atoms with Crippen LogP contribution in [0.5, 0.6) is 0 Å². The predicted octanol–water partition coefficient (Wildman–Crippen LogP) is 1.87. The van der Waals surface area contributed by atoms with Crippen LogP contribution in [0.2, 0.25) is 0 Å². The number of nitrogens with zero attached hydrogens (tertiary/aromatic N) is 1. The molecule has 0 atom stereocenters. The van der Waals surface area contributed by atoms with Gasteiger partial charge in [0.1, 0.15) is 5.76 Å². The number of hydrogen-bond donors (Lipinski definition) is 1. The second kappa shape index (κ2) is 5.78. The molecule has 0 amide bonds. The van der Waals surface area contributed by atoms with Crippen molar-refractivity contribution in [1.82, 2.24) is 4.31 Å². The van der Waals surface area contributed by atoms with Gasteiger partial charge in [0, 0.05) is 13.6 Å². The van der Waals surface area contributed by atoms with E-state index in [0.29, 0.717) is 17.9 Å². The molecule has 2 N–H and O–H groups in total. The molecule has 0 saturated carbocycles. The van der Waals surface area contributed by atoms with Gasteiger partial charge in [0.05, 0.1) is 17.7 Å². The molecule has 0 unspecified atom stereocenters. The zero-order valence-corrected chi connectivity index (χ0v) is 12.4. The second-order valence-corrected chi connectivity index (χ2v) is 6.66. The van der Waals surface area contributed by atoms with Gasteiger partial charge in [-0.15, -0.1) is 0 Å². The highest BCUT2D eigenvalue weighted by Crippen LogP contribution is 2.22. The lowest BCUT2D eigenvalue weighted by molar-refractivity contribution is 0.406. The van der Waals surface area contributed by atoms with Crippen molar-refractivity contribution in [3.63, 3.8) is 0 Å². The van der Waals surface area contributed by atoms with Crippen LogP contribution in [0.25, 0.3) is 0 Å². The quantitative estimate of drug-likeness (QED) is 0.913. The molecule has 108 valence electrons. The third-order valence-electron chi connectivity index (χ3n) is 3.14. The molecule has 0 aliphatic carbocycles. The van der Waals surface area contributed by atoms with Crippen LogP contribution in [0.1, 0.15) is 16.9 Å². The van der Waals surface area contributed by atoms with Crippen LogP contribution in [-0.4, -0.2) is 19.8 Å². The van der Waals surface area contributed by atoms with Gasteiger partial charge < -0.3 is 10.2 Å². The number of nitrogens with two attached hydrogens (primary N) is 1. The summed E-state index contributed by atoms with van der Waals surface area (Å²) in [6, 6.07) is 8.71. The first kappa shape index (κ1) is 14.8. The van der Waals surface area contributed by atoms with Gasteiger partial charge in [0.2, 0.25) is 10.0 Å². The molecule has 1 aromatic carbocycles. The number of benzene rings is 1. The third-order valence-corrected chi connectivity index (χ3v) is 5.08. The topological polar surface area (TPSA) is 76.5 Å². The Balaban J connectivity index is 2.34. The standard InChI is InChI=1S/C14H18N2O3S/c1-11-5-6-12(9-15)8-14(11)20(17,18)16(2)10-13-4-3-7-19-13/h3-8H,9-10,15H2,1-2H3. The SMILES string of the molecule is Cc1ccc(CN)cc1S(=O)(=O)N(C)Cc1ccco1. The van der Waals surface area contributed by atoms with Crippen molar-refractivity contribution in [2.75, 3.05) is 7.05 Å². The summed E-state index contributed by atoms with van der Waals surface area (Å²) in [5.41, 5.74) is 7.07. The Hall–Kier alpha value is -1.63. The van der Waals surface area contributed by atoms with Crippen molar-refractivity contribution in [1.29, 1.82) is 0 Å². The number of furan rings is 1. The van der Waals surface area contributed by atoms with E-state index in [2.05, 4.69) is 0 Å². The molecular formula is C14H18N2O3S. The van der Waals surface area contributed by atoms with Crippen molar-refractivity contribution in [3.05, 3.63) is 53.5 Å². The van der Waals surface area contributed by atoms with Gasteiger partial charge in [-0.3, -0.25) is 0 Å². The number of aryl methyl sites for hydroxylation is 1. The molecule has 6 heteroatoms. The van der Waals surface area contributed by atoms with Crippen LogP contribution in [0.4, 0.5) is 0 Å². The summed E-state index contributed by atoms with van der Waals surface area (Å²) in [7, 11) is -2.03. The highest BCUT2D eigenvalue weighted by molar-refractivity contribution is 7.89. The fraction of sp³-hybridized carbons (Fsp3) is 0.286. The van der Waals surface area contributed by atoms with Crippen molar-refractivity contribution < 1.29 is 12.8 Å². The Morgan fingerprint density at radius 2 is 2.05 bits per heavy atom. The minimum Gasteiger partial charge on any atom is -0.468 e. The van der Waals surface area contributed by atoms with E-state index in [4.69, 9.17) is 10.2 Å². The van der Waals surface area contributed by atoms with Gasteiger partial charge in [-0.1, -0.05) is 12.1 Å². The van der Waals surface area contributed by atoms with Crippen molar-refractivity contribution >= 4 is 10.0 Å². The van der Waals surface area contributed by atoms with Gasteiger partial charge in [-0.25, -0.2) is 8.42 Å². The second-order valence-electron chi connectivity index (χ2n) is 4.64. The number of sulfonamides is 1. The summed E-state index contributed by atoms with van der Waals surface area (Å²) in [6.07, 6.45) is 1.52. The van der Waals surface area contributed by atoms with Gasteiger partial charge in [-0.2, -0.15) is 4.31 Å². The van der Waals surface area contributed by atoms with Crippen molar-refractivity contribution in [2.24, 2.45) is 5.73 Å². The van der Waals surface area contributed by atoms with Crippen molar-refractivity contribution in [2.45, 2.75) is 24.9 Å². The average molecular weight is 294 g/mol. The van der Waals surface area contributed by atoms with Crippen LogP contribution < -0.4 is 5.73 Å². The summed E-state index contributed by atoms with van der Waals surface area (Å²) >= 11 is 0. The molecule has 0 fully saturated rings. The van der Waals surface area contributed by atoms with E-state index < -0.39 is 10.0 Å². The van der Waals surface area contributed by atoms with Crippen molar-refractivity contribution in [3.8, 4) is 0 Å². The third kappa shape index (κ3) is 2.92. The van der Waals surface area contributed by atoms with E-state index in [9.17, 15) is 8.42 Å². The van der Waals surface area contributed by atoms with Gasteiger partial charge >= 0.3 is 0 Å². The summed E-state index contributed by atoms with van der Waals surface area (Å²) in [5, 5.41) is 0. The largest absolute Gasteiger partial charge is 0.468 e. The molecule has 1 heterocycles. The fourth-order valence-electron chi connectivity index (χ4n) is 1.92. The van der Waals surface area contributed by atoms with E-state index in [1.54, 1.807) is 31.2 Å². The fourth-order valence-corrected chi connectivity index (χ4v) is 3.33. The van der Waals surface area contributed by atoms with Gasteiger partial charge in [0.15, 0.2) is 0 Å². The van der Waals surface area contributed by atoms with Crippen LogP contribution in [-0.2, 0) is 23.1 Å². The van der Waals surface area contributed by atoms with E-state index in [-0.39, 0.29) is 11.4 Å². The first-order chi connectivity index (χ1) is 9.45. The molecule has 1 aromatic heterocycles. The monoisotopic (exact) mass is 294 g/mol. The molecule has 0 bridgehead atoms. The molecule has 0 aliphatic heterocycles. The van der Waals surface area contributed by atoms with Crippen LogP contribution in [0.15, 0.2) is 45.9 Å². The van der Waals surface area contributed by atoms with Crippen LogP contribution in [0, 0.1) is 6.92 Å². The number of hydrogen-bond acceptors (Lipinski definition) is 4.